The summed E-state index contributed by atoms with van der Waals surface area (Å²) in [6.07, 6.45) is 3.38. The van der Waals surface area contributed by atoms with E-state index in [-0.39, 0.29) is 5.60 Å². The van der Waals surface area contributed by atoms with Gasteiger partial charge < -0.3 is 10.1 Å². The van der Waals surface area contributed by atoms with Crippen molar-refractivity contribution < 1.29 is 4.74 Å². The van der Waals surface area contributed by atoms with Crippen LogP contribution in [-0.4, -0.2) is 25.3 Å². The fourth-order valence-electron chi connectivity index (χ4n) is 2.55. The maximum absolute atomic E-state index is 5.90. The fraction of sp³-hybridized carbons (Fsp3) is 0.571. The molecular weight excluding hydrogens is 198 g/mol. The highest BCUT2D eigenvalue weighted by Crippen LogP contribution is 2.30. The topological polar surface area (TPSA) is 21.3 Å². The van der Waals surface area contributed by atoms with Gasteiger partial charge in [0.2, 0.25) is 0 Å². The summed E-state index contributed by atoms with van der Waals surface area (Å²) in [5, 5.41) is 3.41. The number of rotatable bonds is 4. The van der Waals surface area contributed by atoms with Crippen molar-refractivity contribution in [2.75, 3.05) is 13.7 Å². The van der Waals surface area contributed by atoms with Crippen molar-refractivity contribution in [3.8, 4) is 0 Å². The molecule has 0 bridgehead atoms. The van der Waals surface area contributed by atoms with Crippen LogP contribution in [-0.2, 0) is 11.2 Å². The molecule has 2 rings (SSSR count). The summed E-state index contributed by atoms with van der Waals surface area (Å²) in [7, 11) is 2.03. The van der Waals surface area contributed by atoms with Crippen LogP contribution >= 0.6 is 0 Å². The molecule has 0 aromatic heterocycles. The largest absolute Gasteiger partial charge is 0.374 e. The molecule has 2 nitrogen and oxygen atoms in total. The van der Waals surface area contributed by atoms with Crippen molar-refractivity contribution in [2.45, 2.75) is 37.8 Å². The average Bonchev–Trinajstić information content (AvgIpc) is 2.75. The van der Waals surface area contributed by atoms with Crippen LogP contribution in [0.4, 0.5) is 0 Å². The first-order valence-corrected chi connectivity index (χ1v) is 6.10. The standard InChI is InChI=1S/C14H21NO/c1-14(9-6-10-16-14)13(15-2)11-12-7-4-3-5-8-12/h3-5,7-8,13,15H,6,9-11H2,1-2H3. The summed E-state index contributed by atoms with van der Waals surface area (Å²) in [5.41, 5.74) is 1.38. The molecule has 1 saturated heterocycles. The molecule has 0 spiro atoms. The van der Waals surface area contributed by atoms with Gasteiger partial charge in [-0.1, -0.05) is 30.3 Å². The Labute approximate surface area is 98.0 Å². The van der Waals surface area contributed by atoms with Crippen molar-refractivity contribution in [3.05, 3.63) is 35.9 Å². The van der Waals surface area contributed by atoms with Crippen LogP contribution in [0, 0.1) is 0 Å². The third-order valence-electron chi connectivity index (χ3n) is 3.62. The molecule has 1 heterocycles. The van der Waals surface area contributed by atoms with Gasteiger partial charge in [-0.2, -0.15) is 0 Å². The van der Waals surface area contributed by atoms with Gasteiger partial charge in [0.05, 0.1) is 5.60 Å². The summed E-state index contributed by atoms with van der Waals surface area (Å²) >= 11 is 0. The lowest BCUT2D eigenvalue weighted by Crippen LogP contribution is -2.48. The second-order valence-electron chi connectivity index (χ2n) is 4.80. The zero-order chi connectivity index (χ0) is 11.4. The number of benzene rings is 1. The van der Waals surface area contributed by atoms with Gasteiger partial charge in [0.25, 0.3) is 0 Å². The van der Waals surface area contributed by atoms with Crippen LogP contribution in [0.2, 0.25) is 0 Å². The lowest BCUT2D eigenvalue weighted by Gasteiger charge is -2.33. The van der Waals surface area contributed by atoms with E-state index in [0.717, 1.165) is 19.4 Å². The van der Waals surface area contributed by atoms with E-state index in [2.05, 4.69) is 42.6 Å². The van der Waals surface area contributed by atoms with Gasteiger partial charge in [-0.25, -0.2) is 0 Å². The first-order valence-electron chi connectivity index (χ1n) is 6.10. The number of hydrogen-bond acceptors (Lipinski definition) is 2. The normalized spacial score (nSPS) is 26.9. The molecule has 1 aliphatic heterocycles. The van der Waals surface area contributed by atoms with Gasteiger partial charge in [0.15, 0.2) is 0 Å². The molecule has 16 heavy (non-hydrogen) atoms. The Hall–Kier alpha value is -0.860. The van der Waals surface area contributed by atoms with E-state index >= 15 is 0 Å². The van der Waals surface area contributed by atoms with Gasteiger partial charge >= 0.3 is 0 Å². The summed E-state index contributed by atoms with van der Waals surface area (Å²) < 4.78 is 5.90. The Morgan fingerprint density at radius 2 is 2.12 bits per heavy atom. The lowest BCUT2D eigenvalue weighted by molar-refractivity contribution is -0.00943. The fourth-order valence-corrected chi connectivity index (χ4v) is 2.55. The molecule has 88 valence electrons. The molecule has 2 heteroatoms. The minimum absolute atomic E-state index is 0.00455. The van der Waals surface area contributed by atoms with Crippen molar-refractivity contribution in [1.82, 2.24) is 5.32 Å². The van der Waals surface area contributed by atoms with E-state index in [1.54, 1.807) is 0 Å². The monoisotopic (exact) mass is 219 g/mol. The van der Waals surface area contributed by atoms with E-state index < -0.39 is 0 Å². The minimum atomic E-state index is 0.00455. The first-order chi connectivity index (χ1) is 7.74. The van der Waals surface area contributed by atoms with E-state index in [0.29, 0.717) is 6.04 Å². The highest BCUT2D eigenvalue weighted by Gasteiger charge is 2.37. The second-order valence-corrected chi connectivity index (χ2v) is 4.80. The predicted molar refractivity (Wildman–Crippen MR) is 66.6 cm³/mol. The zero-order valence-electron chi connectivity index (χ0n) is 10.2. The third kappa shape index (κ3) is 2.45. The van der Waals surface area contributed by atoms with Crippen LogP contribution in [0.1, 0.15) is 25.3 Å². The van der Waals surface area contributed by atoms with Crippen molar-refractivity contribution in [2.24, 2.45) is 0 Å². The van der Waals surface area contributed by atoms with Crippen molar-refractivity contribution >= 4 is 0 Å². The summed E-state index contributed by atoms with van der Waals surface area (Å²) in [4.78, 5) is 0. The number of nitrogens with one attached hydrogen (secondary N) is 1. The minimum Gasteiger partial charge on any atom is -0.374 e. The van der Waals surface area contributed by atoms with Crippen LogP contribution in [0.5, 0.6) is 0 Å². The Balaban J connectivity index is 2.06. The molecule has 0 amide bonds. The summed E-state index contributed by atoms with van der Waals surface area (Å²) in [6.45, 7) is 3.13. The number of ether oxygens (including phenoxy) is 1. The maximum atomic E-state index is 5.90. The SMILES string of the molecule is CNC(Cc1ccccc1)C1(C)CCCO1. The molecule has 1 N–H and O–H groups in total. The summed E-state index contributed by atoms with van der Waals surface area (Å²) in [6, 6.07) is 11.0. The highest BCUT2D eigenvalue weighted by atomic mass is 16.5. The van der Waals surface area contributed by atoms with Gasteiger partial charge in [-0.15, -0.1) is 0 Å². The number of likely N-dealkylation sites (N-methyl/N-ethyl adjacent to an activating group) is 1. The van der Waals surface area contributed by atoms with Crippen LogP contribution in [0.15, 0.2) is 30.3 Å². The number of hydrogen-bond donors (Lipinski definition) is 1. The molecule has 1 aliphatic rings. The third-order valence-corrected chi connectivity index (χ3v) is 3.62. The van der Waals surface area contributed by atoms with Crippen molar-refractivity contribution in [1.29, 1.82) is 0 Å². The second kappa shape index (κ2) is 4.98. The molecule has 0 radical (unpaired) electrons. The van der Waals surface area contributed by atoms with Gasteiger partial charge in [-0.05, 0) is 38.8 Å². The van der Waals surface area contributed by atoms with E-state index in [1.807, 2.05) is 7.05 Å². The Kier molecular flexibility index (Phi) is 3.62. The van der Waals surface area contributed by atoms with E-state index in [4.69, 9.17) is 4.74 Å². The first kappa shape index (κ1) is 11.6. The van der Waals surface area contributed by atoms with Crippen LogP contribution in [0.25, 0.3) is 0 Å². The Bertz CT molecular complexity index is 317. The van der Waals surface area contributed by atoms with E-state index in [1.165, 1.54) is 12.0 Å². The van der Waals surface area contributed by atoms with Crippen LogP contribution in [0.3, 0.4) is 0 Å². The Morgan fingerprint density at radius 3 is 2.69 bits per heavy atom. The Morgan fingerprint density at radius 1 is 1.38 bits per heavy atom. The van der Waals surface area contributed by atoms with Gasteiger partial charge in [0.1, 0.15) is 0 Å². The van der Waals surface area contributed by atoms with Crippen LogP contribution < -0.4 is 5.32 Å². The van der Waals surface area contributed by atoms with Gasteiger partial charge in [-0.3, -0.25) is 0 Å². The molecular formula is C14H21NO. The molecule has 0 saturated carbocycles. The van der Waals surface area contributed by atoms with Crippen molar-refractivity contribution in [3.63, 3.8) is 0 Å². The van der Waals surface area contributed by atoms with Gasteiger partial charge in [0, 0.05) is 12.6 Å². The highest BCUT2D eigenvalue weighted by molar-refractivity contribution is 5.17. The van der Waals surface area contributed by atoms with E-state index in [9.17, 15) is 0 Å². The summed E-state index contributed by atoms with van der Waals surface area (Å²) in [5.74, 6) is 0. The lowest BCUT2D eigenvalue weighted by atomic mass is 9.88. The maximum Gasteiger partial charge on any atom is 0.0810 e. The molecule has 1 fully saturated rings. The molecule has 2 unspecified atom stereocenters. The molecule has 1 aromatic carbocycles. The molecule has 1 aromatic rings. The quantitative estimate of drug-likeness (QED) is 0.839. The molecule has 2 atom stereocenters. The predicted octanol–water partition coefficient (Wildman–Crippen LogP) is 2.39. The zero-order valence-corrected chi connectivity index (χ0v) is 10.2. The smallest absolute Gasteiger partial charge is 0.0810 e. The average molecular weight is 219 g/mol. The molecule has 0 aliphatic carbocycles.